The quantitative estimate of drug-likeness (QED) is 0.752. The zero-order valence-corrected chi connectivity index (χ0v) is 9.03. The smallest absolute Gasteiger partial charge is 0.0769 e. The van der Waals surface area contributed by atoms with Gasteiger partial charge in [0.25, 0.3) is 0 Å². The lowest BCUT2D eigenvalue weighted by atomic mass is 10.1. The number of hydrogen-bond donors (Lipinski definition) is 1. The van der Waals surface area contributed by atoms with Gasteiger partial charge in [0.2, 0.25) is 0 Å². The Morgan fingerprint density at radius 3 is 2.86 bits per heavy atom. The topological polar surface area (TPSA) is 37.8 Å². The summed E-state index contributed by atoms with van der Waals surface area (Å²) in [5.74, 6) is 0. The van der Waals surface area contributed by atoms with Crippen LogP contribution in [0.5, 0.6) is 0 Å². The third-order valence-corrected chi connectivity index (χ3v) is 2.33. The zero-order chi connectivity index (χ0) is 10.2. The highest BCUT2D eigenvalue weighted by Gasteiger charge is 2.03. The van der Waals surface area contributed by atoms with Gasteiger partial charge in [0.05, 0.1) is 5.69 Å². The molecule has 0 spiro atoms. The first-order chi connectivity index (χ1) is 6.86. The van der Waals surface area contributed by atoms with Crippen LogP contribution in [0.3, 0.4) is 0 Å². The molecule has 1 aromatic heterocycles. The van der Waals surface area contributed by atoms with Gasteiger partial charge in [0, 0.05) is 18.8 Å². The average Bonchev–Trinajstić information content (AvgIpc) is 2.25. The third kappa shape index (κ3) is 3.83. The van der Waals surface area contributed by atoms with Gasteiger partial charge in [-0.25, -0.2) is 0 Å². The first-order valence-electron chi connectivity index (χ1n) is 5.36. The molecule has 1 aromatic rings. The number of rotatable bonds is 6. The summed E-state index contributed by atoms with van der Waals surface area (Å²) in [6, 6.07) is 4.53. The summed E-state index contributed by atoms with van der Waals surface area (Å²) in [5, 5.41) is 11.4. The highest BCUT2D eigenvalue weighted by atomic mass is 15.1. The van der Waals surface area contributed by atoms with Crippen LogP contribution in [0.25, 0.3) is 0 Å². The fourth-order valence-electron chi connectivity index (χ4n) is 1.48. The molecule has 0 saturated carbocycles. The van der Waals surface area contributed by atoms with Crippen molar-refractivity contribution in [1.82, 2.24) is 15.5 Å². The van der Waals surface area contributed by atoms with E-state index in [1.54, 1.807) is 6.20 Å². The van der Waals surface area contributed by atoms with E-state index in [-0.39, 0.29) is 0 Å². The molecule has 0 radical (unpaired) electrons. The van der Waals surface area contributed by atoms with Crippen LogP contribution in [0.1, 0.15) is 38.8 Å². The third-order valence-electron chi connectivity index (χ3n) is 2.33. The van der Waals surface area contributed by atoms with Crippen LogP contribution >= 0.6 is 0 Å². The molecule has 1 rings (SSSR count). The first-order valence-corrected chi connectivity index (χ1v) is 5.36. The van der Waals surface area contributed by atoms with E-state index in [1.165, 1.54) is 19.3 Å². The van der Waals surface area contributed by atoms with Crippen molar-refractivity contribution in [2.75, 3.05) is 0 Å². The SMILES string of the molecule is CCCC(CC)NCc1cccnn1. The fraction of sp³-hybridized carbons (Fsp3) is 0.636. The van der Waals surface area contributed by atoms with Gasteiger partial charge in [-0.15, -0.1) is 0 Å². The predicted molar refractivity (Wildman–Crippen MR) is 57.9 cm³/mol. The summed E-state index contributed by atoms with van der Waals surface area (Å²) in [4.78, 5) is 0. The van der Waals surface area contributed by atoms with Gasteiger partial charge in [-0.05, 0) is 25.0 Å². The Labute approximate surface area is 85.9 Å². The molecule has 3 nitrogen and oxygen atoms in total. The lowest BCUT2D eigenvalue weighted by molar-refractivity contribution is 0.458. The Hall–Kier alpha value is -0.960. The molecule has 0 fully saturated rings. The Morgan fingerprint density at radius 1 is 1.43 bits per heavy atom. The molecule has 14 heavy (non-hydrogen) atoms. The highest BCUT2D eigenvalue weighted by Crippen LogP contribution is 2.02. The lowest BCUT2D eigenvalue weighted by Gasteiger charge is -2.15. The maximum atomic E-state index is 4.03. The molecule has 0 bridgehead atoms. The highest BCUT2D eigenvalue weighted by molar-refractivity contribution is 4.98. The fourth-order valence-corrected chi connectivity index (χ4v) is 1.48. The van der Waals surface area contributed by atoms with Crippen LogP contribution in [-0.4, -0.2) is 16.2 Å². The van der Waals surface area contributed by atoms with Crippen LogP contribution < -0.4 is 5.32 Å². The molecular formula is C11H19N3. The minimum absolute atomic E-state index is 0.613. The van der Waals surface area contributed by atoms with Gasteiger partial charge >= 0.3 is 0 Å². The number of nitrogens with one attached hydrogen (secondary N) is 1. The van der Waals surface area contributed by atoms with Crippen molar-refractivity contribution in [2.24, 2.45) is 0 Å². The molecule has 1 atom stereocenters. The van der Waals surface area contributed by atoms with Crippen molar-refractivity contribution in [3.8, 4) is 0 Å². The summed E-state index contributed by atoms with van der Waals surface area (Å²) in [7, 11) is 0. The summed E-state index contributed by atoms with van der Waals surface area (Å²) in [5.41, 5.74) is 1.02. The summed E-state index contributed by atoms with van der Waals surface area (Å²) in [6.45, 7) is 5.25. The summed E-state index contributed by atoms with van der Waals surface area (Å²) < 4.78 is 0. The first kappa shape index (κ1) is 11.1. The van der Waals surface area contributed by atoms with Gasteiger partial charge < -0.3 is 5.32 Å². The van der Waals surface area contributed by atoms with Crippen LogP contribution in [0.4, 0.5) is 0 Å². The molecule has 0 aromatic carbocycles. The molecule has 1 heterocycles. The Kier molecular flexibility index (Phi) is 5.15. The largest absolute Gasteiger partial charge is 0.308 e. The van der Waals surface area contributed by atoms with E-state index in [0.29, 0.717) is 6.04 Å². The lowest BCUT2D eigenvalue weighted by Crippen LogP contribution is -2.28. The van der Waals surface area contributed by atoms with Gasteiger partial charge in [0.15, 0.2) is 0 Å². The van der Waals surface area contributed by atoms with Crippen LogP contribution in [-0.2, 0) is 6.54 Å². The number of aromatic nitrogens is 2. The van der Waals surface area contributed by atoms with Crippen molar-refractivity contribution >= 4 is 0 Å². The predicted octanol–water partition coefficient (Wildman–Crippen LogP) is 2.14. The van der Waals surface area contributed by atoms with Crippen molar-refractivity contribution in [3.05, 3.63) is 24.0 Å². The Morgan fingerprint density at radius 2 is 2.29 bits per heavy atom. The van der Waals surface area contributed by atoms with E-state index in [2.05, 4.69) is 29.4 Å². The molecular weight excluding hydrogens is 174 g/mol. The molecule has 0 aliphatic rings. The molecule has 78 valence electrons. The van der Waals surface area contributed by atoms with Crippen molar-refractivity contribution < 1.29 is 0 Å². The minimum Gasteiger partial charge on any atom is -0.308 e. The minimum atomic E-state index is 0.613. The van der Waals surface area contributed by atoms with E-state index >= 15 is 0 Å². The maximum absolute atomic E-state index is 4.03. The Balaban J connectivity index is 2.32. The molecule has 1 unspecified atom stereocenters. The molecule has 3 heteroatoms. The normalized spacial score (nSPS) is 12.7. The molecule has 1 N–H and O–H groups in total. The van der Waals surface area contributed by atoms with Gasteiger partial charge in [-0.2, -0.15) is 10.2 Å². The summed E-state index contributed by atoms with van der Waals surface area (Å²) >= 11 is 0. The summed E-state index contributed by atoms with van der Waals surface area (Å²) in [6.07, 6.45) is 5.34. The van der Waals surface area contributed by atoms with Gasteiger partial charge in [0.1, 0.15) is 0 Å². The maximum Gasteiger partial charge on any atom is 0.0769 e. The second-order valence-corrected chi connectivity index (χ2v) is 3.49. The van der Waals surface area contributed by atoms with E-state index in [1.807, 2.05) is 12.1 Å². The van der Waals surface area contributed by atoms with Crippen LogP contribution in [0, 0.1) is 0 Å². The molecule has 0 saturated heterocycles. The molecule has 0 aliphatic carbocycles. The molecule has 0 amide bonds. The van der Waals surface area contributed by atoms with Crippen molar-refractivity contribution in [3.63, 3.8) is 0 Å². The van der Waals surface area contributed by atoms with Crippen LogP contribution in [0.15, 0.2) is 18.3 Å². The van der Waals surface area contributed by atoms with Crippen molar-refractivity contribution in [1.29, 1.82) is 0 Å². The van der Waals surface area contributed by atoms with Gasteiger partial charge in [-0.3, -0.25) is 0 Å². The van der Waals surface area contributed by atoms with Crippen LogP contribution in [0.2, 0.25) is 0 Å². The zero-order valence-electron chi connectivity index (χ0n) is 9.03. The van der Waals surface area contributed by atoms with E-state index in [9.17, 15) is 0 Å². The number of nitrogens with zero attached hydrogens (tertiary/aromatic N) is 2. The van der Waals surface area contributed by atoms with Crippen molar-refractivity contribution in [2.45, 2.75) is 45.7 Å². The Bertz CT molecular complexity index is 236. The molecule has 0 aliphatic heterocycles. The van der Waals surface area contributed by atoms with E-state index < -0.39 is 0 Å². The second kappa shape index (κ2) is 6.49. The number of hydrogen-bond acceptors (Lipinski definition) is 3. The van der Waals surface area contributed by atoms with E-state index in [0.717, 1.165) is 12.2 Å². The van der Waals surface area contributed by atoms with E-state index in [4.69, 9.17) is 0 Å². The average molecular weight is 193 g/mol. The standard InChI is InChI=1S/C11H19N3/c1-3-6-10(4-2)12-9-11-7-5-8-13-14-11/h5,7-8,10,12H,3-4,6,9H2,1-2H3. The second-order valence-electron chi connectivity index (χ2n) is 3.49. The monoisotopic (exact) mass is 193 g/mol. The van der Waals surface area contributed by atoms with Gasteiger partial charge in [-0.1, -0.05) is 20.3 Å².